The molecule has 0 aromatic heterocycles. The van der Waals surface area contributed by atoms with Crippen LogP contribution < -0.4 is 0 Å². The Bertz CT molecular complexity index is 111. The Morgan fingerprint density at radius 3 is 2.25 bits per heavy atom. The lowest BCUT2D eigenvalue weighted by Crippen LogP contribution is -2.22. The lowest BCUT2D eigenvalue weighted by Gasteiger charge is -2.17. The van der Waals surface area contributed by atoms with E-state index >= 15 is 0 Å². The van der Waals surface area contributed by atoms with Crippen LogP contribution >= 0.6 is 0 Å². The normalized spacial score (nSPS) is 14.8. The second-order valence-electron chi connectivity index (χ2n) is 2.78. The molecule has 0 bridgehead atoms. The first-order valence-electron chi connectivity index (χ1n) is 4.08. The summed E-state index contributed by atoms with van der Waals surface area (Å²) >= 11 is 0. The third-order valence-electron chi connectivity index (χ3n) is 1.86. The van der Waals surface area contributed by atoms with Crippen LogP contribution in [-0.2, 0) is 4.74 Å². The Hall–Kier alpha value is -0.250. The molecule has 0 aliphatic heterocycles. The van der Waals surface area contributed by atoms with Crippen molar-refractivity contribution in [1.29, 1.82) is 0 Å². The molecular formula is C8H15F3O. The van der Waals surface area contributed by atoms with E-state index in [9.17, 15) is 13.2 Å². The monoisotopic (exact) mass is 184 g/mol. The van der Waals surface area contributed by atoms with Gasteiger partial charge in [0.05, 0.1) is 5.92 Å². The van der Waals surface area contributed by atoms with Crippen molar-refractivity contribution >= 4 is 0 Å². The molecule has 0 fully saturated rings. The average Bonchev–Trinajstić information content (AvgIpc) is 1.95. The van der Waals surface area contributed by atoms with Gasteiger partial charge in [-0.1, -0.05) is 6.92 Å². The fourth-order valence-electron chi connectivity index (χ4n) is 1.07. The molecule has 74 valence electrons. The molecule has 1 unspecified atom stereocenters. The van der Waals surface area contributed by atoms with Gasteiger partial charge in [-0.2, -0.15) is 13.2 Å². The Morgan fingerprint density at radius 1 is 1.33 bits per heavy atom. The fraction of sp³-hybridized carbons (Fsp3) is 1.00. The molecule has 0 saturated heterocycles. The Balaban J connectivity index is 3.68. The van der Waals surface area contributed by atoms with Crippen LogP contribution in [-0.4, -0.2) is 19.9 Å². The van der Waals surface area contributed by atoms with Crippen LogP contribution in [0.4, 0.5) is 13.2 Å². The van der Waals surface area contributed by atoms with E-state index in [0.717, 1.165) is 0 Å². The van der Waals surface area contributed by atoms with Gasteiger partial charge in [-0.05, 0) is 19.3 Å². The van der Waals surface area contributed by atoms with Gasteiger partial charge in [0.1, 0.15) is 0 Å². The molecule has 4 heteroatoms. The maximum Gasteiger partial charge on any atom is 0.391 e. The summed E-state index contributed by atoms with van der Waals surface area (Å²) in [5.74, 6) is -1.16. The second kappa shape index (κ2) is 5.41. The summed E-state index contributed by atoms with van der Waals surface area (Å²) in [6, 6.07) is 0. The minimum atomic E-state index is -4.04. The molecular weight excluding hydrogens is 169 g/mol. The van der Waals surface area contributed by atoms with E-state index < -0.39 is 12.1 Å². The highest BCUT2D eigenvalue weighted by Gasteiger charge is 2.37. The Labute approximate surface area is 70.9 Å². The first-order valence-corrected chi connectivity index (χ1v) is 4.08. The Morgan fingerprint density at radius 2 is 1.92 bits per heavy atom. The van der Waals surface area contributed by atoms with E-state index in [1.165, 1.54) is 7.11 Å². The molecule has 1 nitrogen and oxygen atoms in total. The van der Waals surface area contributed by atoms with Crippen LogP contribution in [0.15, 0.2) is 0 Å². The van der Waals surface area contributed by atoms with E-state index in [0.29, 0.717) is 13.0 Å². The highest BCUT2D eigenvalue weighted by atomic mass is 19.4. The summed E-state index contributed by atoms with van der Waals surface area (Å²) in [6.07, 6.45) is -3.22. The maximum atomic E-state index is 12.1. The van der Waals surface area contributed by atoms with Crippen LogP contribution in [0, 0.1) is 5.92 Å². The van der Waals surface area contributed by atoms with Gasteiger partial charge in [0, 0.05) is 13.7 Å². The third-order valence-corrected chi connectivity index (χ3v) is 1.86. The zero-order chi connectivity index (χ0) is 9.61. The zero-order valence-corrected chi connectivity index (χ0v) is 7.45. The predicted molar refractivity (Wildman–Crippen MR) is 40.9 cm³/mol. The SMILES string of the molecule is CCC(CCCOC)C(F)(F)F. The van der Waals surface area contributed by atoms with Gasteiger partial charge in [0.2, 0.25) is 0 Å². The number of halogens is 3. The maximum absolute atomic E-state index is 12.1. The van der Waals surface area contributed by atoms with Crippen molar-refractivity contribution < 1.29 is 17.9 Å². The molecule has 0 spiro atoms. The molecule has 1 atom stereocenters. The number of rotatable bonds is 5. The minimum Gasteiger partial charge on any atom is -0.385 e. The van der Waals surface area contributed by atoms with Gasteiger partial charge in [0.25, 0.3) is 0 Å². The van der Waals surface area contributed by atoms with Crippen molar-refractivity contribution in [3.8, 4) is 0 Å². The molecule has 0 radical (unpaired) electrons. The topological polar surface area (TPSA) is 9.23 Å². The number of hydrogen-bond donors (Lipinski definition) is 0. The van der Waals surface area contributed by atoms with Gasteiger partial charge in [-0.3, -0.25) is 0 Å². The summed E-state index contributed by atoms with van der Waals surface area (Å²) < 4.78 is 41.0. The van der Waals surface area contributed by atoms with E-state index in [2.05, 4.69) is 4.74 Å². The molecule has 0 rings (SSSR count). The highest BCUT2D eigenvalue weighted by Crippen LogP contribution is 2.31. The molecule has 12 heavy (non-hydrogen) atoms. The molecule has 0 amide bonds. The molecule has 0 aromatic rings. The lowest BCUT2D eigenvalue weighted by atomic mass is 10.0. The van der Waals surface area contributed by atoms with Crippen LogP contribution in [0.1, 0.15) is 26.2 Å². The standard InChI is InChI=1S/C8H15F3O/c1-3-7(8(9,10)11)5-4-6-12-2/h7H,3-6H2,1-2H3. The van der Waals surface area contributed by atoms with E-state index in [1.807, 2.05) is 0 Å². The van der Waals surface area contributed by atoms with Gasteiger partial charge in [0.15, 0.2) is 0 Å². The molecule has 0 heterocycles. The fourth-order valence-corrected chi connectivity index (χ4v) is 1.07. The van der Waals surface area contributed by atoms with Crippen molar-refractivity contribution in [2.75, 3.05) is 13.7 Å². The summed E-state index contributed by atoms with van der Waals surface area (Å²) in [7, 11) is 1.49. The second-order valence-corrected chi connectivity index (χ2v) is 2.78. The van der Waals surface area contributed by atoms with E-state index in [1.54, 1.807) is 6.92 Å². The Kier molecular flexibility index (Phi) is 5.29. The number of methoxy groups -OCH3 is 1. The van der Waals surface area contributed by atoms with Crippen LogP contribution in [0.25, 0.3) is 0 Å². The predicted octanol–water partition coefficient (Wildman–Crippen LogP) is 3.00. The van der Waals surface area contributed by atoms with Gasteiger partial charge < -0.3 is 4.74 Å². The van der Waals surface area contributed by atoms with E-state index in [-0.39, 0.29) is 12.8 Å². The molecule has 0 aliphatic rings. The zero-order valence-electron chi connectivity index (χ0n) is 7.45. The van der Waals surface area contributed by atoms with Crippen LogP contribution in [0.3, 0.4) is 0 Å². The summed E-state index contributed by atoms with van der Waals surface area (Å²) in [6.45, 7) is 1.97. The molecule has 0 aliphatic carbocycles. The van der Waals surface area contributed by atoms with Crippen LogP contribution in [0.5, 0.6) is 0 Å². The number of ether oxygens (including phenoxy) is 1. The van der Waals surface area contributed by atoms with Crippen molar-refractivity contribution in [2.24, 2.45) is 5.92 Å². The first kappa shape index (κ1) is 11.8. The molecule has 0 saturated carbocycles. The third kappa shape index (κ3) is 4.59. The summed E-state index contributed by atoms with van der Waals surface area (Å²) in [5.41, 5.74) is 0. The van der Waals surface area contributed by atoms with Crippen molar-refractivity contribution in [2.45, 2.75) is 32.4 Å². The van der Waals surface area contributed by atoms with Crippen LogP contribution in [0.2, 0.25) is 0 Å². The highest BCUT2D eigenvalue weighted by molar-refractivity contribution is 4.65. The van der Waals surface area contributed by atoms with Gasteiger partial charge >= 0.3 is 6.18 Å². The van der Waals surface area contributed by atoms with Gasteiger partial charge in [-0.15, -0.1) is 0 Å². The summed E-state index contributed by atoms with van der Waals surface area (Å²) in [4.78, 5) is 0. The smallest absolute Gasteiger partial charge is 0.385 e. The van der Waals surface area contributed by atoms with Crippen molar-refractivity contribution in [3.05, 3.63) is 0 Å². The largest absolute Gasteiger partial charge is 0.391 e. The van der Waals surface area contributed by atoms with E-state index in [4.69, 9.17) is 0 Å². The molecule has 0 N–H and O–H groups in total. The van der Waals surface area contributed by atoms with Gasteiger partial charge in [-0.25, -0.2) is 0 Å². The quantitative estimate of drug-likeness (QED) is 0.597. The lowest BCUT2D eigenvalue weighted by molar-refractivity contribution is -0.177. The minimum absolute atomic E-state index is 0.160. The van der Waals surface area contributed by atoms with Crippen molar-refractivity contribution in [1.82, 2.24) is 0 Å². The van der Waals surface area contributed by atoms with Crippen molar-refractivity contribution in [3.63, 3.8) is 0 Å². The molecule has 0 aromatic carbocycles. The number of alkyl halides is 3. The number of hydrogen-bond acceptors (Lipinski definition) is 1. The summed E-state index contributed by atoms with van der Waals surface area (Å²) in [5, 5.41) is 0. The average molecular weight is 184 g/mol. The first-order chi connectivity index (χ1) is 5.52.